The highest BCUT2D eigenvalue weighted by atomic mass is 79.9. The summed E-state index contributed by atoms with van der Waals surface area (Å²) in [5, 5.41) is 3.09. The van der Waals surface area contributed by atoms with Crippen molar-refractivity contribution in [2.24, 2.45) is 0 Å². The highest BCUT2D eigenvalue weighted by Gasteiger charge is 2.03. The molecule has 0 aliphatic heterocycles. The zero-order chi connectivity index (χ0) is 11.4. The predicted octanol–water partition coefficient (Wildman–Crippen LogP) is 2.14. The van der Waals surface area contributed by atoms with E-state index in [2.05, 4.69) is 31.2 Å². The predicted molar refractivity (Wildman–Crippen MR) is 66.3 cm³/mol. The van der Waals surface area contributed by atoms with Crippen molar-refractivity contribution >= 4 is 21.7 Å². The van der Waals surface area contributed by atoms with Crippen LogP contribution in [0.25, 0.3) is 0 Å². The SMILES string of the molecule is O=c1[nH]cnc(NCc2ccccc2)c1Br. The van der Waals surface area contributed by atoms with Gasteiger partial charge in [0, 0.05) is 6.54 Å². The highest BCUT2D eigenvalue weighted by Crippen LogP contribution is 2.14. The first kappa shape index (κ1) is 10.9. The molecule has 82 valence electrons. The lowest BCUT2D eigenvalue weighted by molar-refractivity contribution is 1.05. The summed E-state index contributed by atoms with van der Waals surface area (Å²) in [7, 11) is 0. The van der Waals surface area contributed by atoms with Gasteiger partial charge in [0.2, 0.25) is 0 Å². The van der Waals surface area contributed by atoms with Crippen LogP contribution in [-0.4, -0.2) is 9.97 Å². The molecule has 2 N–H and O–H groups in total. The summed E-state index contributed by atoms with van der Waals surface area (Å²) in [6.45, 7) is 0.635. The molecule has 1 aromatic carbocycles. The molecule has 0 atom stereocenters. The van der Waals surface area contributed by atoms with Gasteiger partial charge in [-0.3, -0.25) is 4.79 Å². The molecule has 1 aromatic heterocycles. The zero-order valence-electron chi connectivity index (χ0n) is 8.40. The summed E-state index contributed by atoms with van der Waals surface area (Å²) in [5.74, 6) is 0.549. The molecule has 0 radical (unpaired) electrons. The number of nitrogens with zero attached hydrogens (tertiary/aromatic N) is 1. The van der Waals surface area contributed by atoms with E-state index in [4.69, 9.17) is 0 Å². The van der Waals surface area contributed by atoms with Gasteiger partial charge in [0.25, 0.3) is 5.56 Å². The first-order valence-electron chi connectivity index (χ1n) is 4.78. The maximum absolute atomic E-state index is 11.3. The fourth-order valence-corrected chi connectivity index (χ4v) is 1.64. The molecule has 0 aliphatic carbocycles. The molecule has 2 aromatic rings. The van der Waals surface area contributed by atoms with Crippen LogP contribution in [0.5, 0.6) is 0 Å². The largest absolute Gasteiger partial charge is 0.365 e. The standard InChI is InChI=1S/C11H10BrN3O/c12-9-10(14-7-15-11(9)16)13-6-8-4-2-1-3-5-8/h1-5,7H,6H2,(H2,13,14,15,16). The lowest BCUT2D eigenvalue weighted by Gasteiger charge is -2.06. The molecule has 0 bridgehead atoms. The van der Waals surface area contributed by atoms with Crippen molar-refractivity contribution in [3.8, 4) is 0 Å². The molecular weight excluding hydrogens is 270 g/mol. The van der Waals surface area contributed by atoms with Crippen molar-refractivity contribution in [2.45, 2.75) is 6.54 Å². The molecule has 0 unspecified atom stereocenters. The van der Waals surface area contributed by atoms with Crippen molar-refractivity contribution in [2.75, 3.05) is 5.32 Å². The summed E-state index contributed by atoms with van der Waals surface area (Å²) in [5.41, 5.74) is 0.946. The summed E-state index contributed by atoms with van der Waals surface area (Å²) in [4.78, 5) is 17.8. The number of hydrogen-bond donors (Lipinski definition) is 2. The Morgan fingerprint density at radius 2 is 2.06 bits per heavy atom. The van der Waals surface area contributed by atoms with Gasteiger partial charge in [-0.15, -0.1) is 0 Å². The quantitative estimate of drug-likeness (QED) is 0.905. The van der Waals surface area contributed by atoms with Crippen molar-refractivity contribution in [3.05, 3.63) is 57.0 Å². The van der Waals surface area contributed by atoms with Crippen LogP contribution in [-0.2, 0) is 6.54 Å². The van der Waals surface area contributed by atoms with Gasteiger partial charge in [0.05, 0.1) is 6.33 Å². The minimum atomic E-state index is -0.189. The van der Waals surface area contributed by atoms with Crippen molar-refractivity contribution in [3.63, 3.8) is 0 Å². The van der Waals surface area contributed by atoms with Gasteiger partial charge in [-0.1, -0.05) is 30.3 Å². The van der Waals surface area contributed by atoms with E-state index in [1.807, 2.05) is 30.3 Å². The van der Waals surface area contributed by atoms with Crippen LogP contribution in [0, 0.1) is 0 Å². The molecule has 0 spiro atoms. The van der Waals surface area contributed by atoms with Gasteiger partial charge < -0.3 is 10.3 Å². The molecule has 0 amide bonds. The van der Waals surface area contributed by atoms with E-state index in [9.17, 15) is 4.79 Å². The zero-order valence-corrected chi connectivity index (χ0v) is 9.99. The summed E-state index contributed by atoms with van der Waals surface area (Å²) in [6, 6.07) is 9.92. The maximum Gasteiger partial charge on any atom is 0.267 e. The Balaban J connectivity index is 2.11. The molecule has 4 nitrogen and oxygen atoms in total. The Hall–Kier alpha value is -1.62. The second-order valence-corrected chi connectivity index (χ2v) is 4.03. The minimum Gasteiger partial charge on any atom is -0.365 e. The molecular formula is C11H10BrN3O. The van der Waals surface area contributed by atoms with Gasteiger partial charge in [-0.25, -0.2) is 4.98 Å². The van der Waals surface area contributed by atoms with Gasteiger partial charge in [-0.05, 0) is 21.5 Å². The molecule has 16 heavy (non-hydrogen) atoms. The van der Waals surface area contributed by atoms with E-state index in [1.54, 1.807) is 0 Å². The first-order chi connectivity index (χ1) is 7.77. The lowest BCUT2D eigenvalue weighted by Crippen LogP contribution is -2.11. The van der Waals surface area contributed by atoms with E-state index in [0.29, 0.717) is 16.8 Å². The number of nitrogens with one attached hydrogen (secondary N) is 2. The molecule has 0 saturated carbocycles. The number of aromatic nitrogens is 2. The molecule has 0 fully saturated rings. The normalized spacial score (nSPS) is 10.1. The molecule has 1 heterocycles. The summed E-state index contributed by atoms with van der Waals surface area (Å²) < 4.78 is 0.422. The number of halogens is 1. The maximum atomic E-state index is 11.3. The van der Waals surface area contributed by atoms with Gasteiger partial charge in [-0.2, -0.15) is 0 Å². The fourth-order valence-electron chi connectivity index (χ4n) is 1.29. The average Bonchev–Trinajstić information content (AvgIpc) is 2.32. The Labute approximate surface area is 101 Å². The van der Waals surface area contributed by atoms with Crippen LogP contribution in [0.2, 0.25) is 0 Å². The van der Waals surface area contributed by atoms with Crippen molar-refractivity contribution in [1.29, 1.82) is 0 Å². The van der Waals surface area contributed by atoms with Crippen LogP contribution in [0.4, 0.5) is 5.82 Å². The number of hydrogen-bond acceptors (Lipinski definition) is 3. The third-order valence-corrected chi connectivity index (χ3v) is 2.84. The minimum absolute atomic E-state index is 0.189. The van der Waals surface area contributed by atoms with Crippen LogP contribution >= 0.6 is 15.9 Å². The average molecular weight is 280 g/mol. The van der Waals surface area contributed by atoms with Gasteiger partial charge >= 0.3 is 0 Å². The number of benzene rings is 1. The third kappa shape index (κ3) is 2.49. The van der Waals surface area contributed by atoms with Gasteiger partial charge in [0.1, 0.15) is 10.3 Å². The van der Waals surface area contributed by atoms with E-state index in [1.165, 1.54) is 6.33 Å². The topological polar surface area (TPSA) is 57.8 Å². The number of anilines is 1. The Bertz CT molecular complexity index is 524. The van der Waals surface area contributed by atoms with Gasteiger partial charge in [0.15, 0.2) is 0 Å². The third-order valence-electron chi connectivity index (χ3n) is 2.10. The van der Waals surface area contributed by atoms with E-state index in [0.717, 1.165) is 5.56 Å². The second-order valence-electron chi connectivity index (χ2n) is 3.23. The number of aromatic amines is 1. The number of H-pyrrole nitrogens is 1. The molecule has 0 saturated heterocycles. The molecule has 0 aliphatic rings. The fraction of sp³-hybridized carbons (Fsp3) is 0.0909. The van der Waals surface area contributed by atoms with Crippen molar-refractivity contribution < 1.29 is 0 Å². The smallest absolute Gasteiger partial charge is 0.267 e. The monoisotopic (exact) mass is 279 g/mol. The Kier molecular flexibility index (Phi) is 3.36. The molecule has 2 rings (SSSR count). The summed E-state index contributed by atoms with van der Waals surface area (Å²) >= 11 is 3.18. The Morgan fingerprint density at radius 1 is 1.31 bits per heavy atom. The highest BCUT2D eigenvalue weighted by molar-refractivity contribution is 9.10. The molecule has 5 heteroatoms. The van der Waals surface area contributed by atoms with E-state index in [-0.39, 0.29) is 5.56 Å². The van der Waals surface area contributed by atoms with E-state index >= 15 is 0 Å². The van der Waals surface area contributed by atoms with Crippen LogP contribution < -0.4 is 10.9 Å². The van der Waals surface area contributed by atoms with Crippen molar-refractivity contribution in [1.82, 2.24) is 9.97 Å². The second kappa shape index (κ2) is 4.94. The van der Waals surface area contributed by atoms with E-state index < -0.39 is 0 Å². The first-order valence-corrected chi connectivity index (χ1v) is 5.57. The lowest BCUT2D eigenvalue weighted by atomic mass is 10.2. The Morgan fingerprint density at radius 3 is 2.81 bits per heavy atom. The van der Waals surface area contributed by atoms with Crippen LogP contribution in [0.3, 0.4) is 0 Å². The van der Waals surface area contributed by atoms with Crippen LogP contribution in [0.1, 0.15) is 5.56 Å². The summed E-state index contributed by atoms with van der Waals surface area (Å²) in [6.07, 6.45) is 1.38. The number of rotatable bonds is 3. The van der Waals surface area contributed by atoms with Crippen LogP contribution in [0.15, 0.2) is 45.9 Å².